The van der Waals surface area contributed by atoms with Gasteiger partial charge < -0.3 is 4.57 Å². The lowest BCUT2D eigenvalue weighted by atomic mass is 10.0. The van der Waals surface area contributed by atoms with Crippen LogP contribution < -0.4 is 4.72 Å². The van der Waals surface area contributed by atoms with E-state index in [0.29, 0.717) is 12.2 Å². The highest BCUT2D eigenvalue weighted by atomic mass is 32.2. The number of imidazole rings is 1. The Morgan fingerprint density at radius 3 is 2.59 bits per heavy atom. The summed E-state index contributed by atoms with van der Waals surface area (Å²) >= 11 is 0. The molecule has 0 unspecified atom stereocenters. The molecule has 0 atom stereocenters. The van der Waals surface area contributed by atoms with E-state index in [4.69, 9.17) is 4.98 Å². The first kappa shape index (κ1) is 19.1. The normalized spacial score (nSPS) is 11.3. The van der Waals surface area contributed by atoms with E-state index in [1.165, 1.54) is 0 Å². The van der Waals surface area contributed by atoms with Crippen molar-refractivity contribution < 1.29 is 8.42 Å². The van der Waals surface area contributed by atoms with Gasteiger partial charge >= 0.3 is 0 Å². The van der Waals surface area contributed by atoms with Crippen molar-refractivity contribution in [3.8, 4) is 11.1 Å². The molecule has 0 aliphatic rings. The average Bonchev–Trinajstić information content (AvgIpc) is 3.07. The Balaban J connectivity index is 1.79. The van der Waals surface area contributed by atoms with E-state index in [1.54, 1.807) is 6.20 Å². The third-order valence-electron chi connectivity index (χ3n) is 4.95. The molecule has 4 aromatic rings. The number of hydrogen-bond acceptors (Lipinski definition) is 4. The minimum atomic E-state index is -2.77. The molecule has 2 aromatic carbocycles. The summed E-state index contributed by atoms with van der Waals surface area (Å²) in [5.74, 6) is 0.957. The van der Waals surface area contributed by atoms with E-state index in [1.807, 2.05) is 61.5 Å². The second-order valence-electron chi connectivity index (χ2n) is 6.88. The minimum absolute atomic E-state index is 0.565. The molecule has 2 aromatic heterocycles. The average molecular weight is 407 g/mol. The number of nitrogens with one attached hydrogen (secondary N) is 1. The van der Waals surface area contributed by atoms with E-state index in [0.717, 1.165) is 45.7 Å². The van der Waals surface area contributed by atoms with Gasteiger partial charge in [0.2, 0.25) is 10.9 Å². The molecular weight excluding hydrogens is 384 g/mol. The van der Waals surface area contributed by atoms with Gasteiger partial charge in [0.05, 0.1) is 12.2 Å². The van der Waals surface area contributed by atoms with Crippen molar-refractivity contribution in [2.24, 2.45) is 0 Å². The van der Waals surface area contributed by atoms with E-state index >= 15 is 0 Å². The number of rotatable bonds is 6. The molecule has 0 aliphatic carbocycles. The number of anilines is 1. The van der Waals surface area contributed by atoms with Crippen LogP contribution in [0.3, 0.4) is 0 Å². The molecule has 1 N–H and O–H groups in total. The minimum Gasteiger partial charge on any atom is -0.308 e. The van der Waals surface area contributed by atoms with E-state index in [-0.39, 0.29) is 0 Å². The number of pyridine rings is 1. The SMILES string of the molecule is CCc1nc2c(C)ccnc2n1Cc1ccc(-c2ccccc2)c(N[SH](=O)=O)c1. The van der Waals surface area contributed by atoms with Gasteiger partial charge in [0.1, 0.15) is 11.3 Å². The molecule has 0 saturated heterocycles. The van der Waals surface area contributed by atoms with Crippen LogP contribution >= 0.6 is 0 Å². The Morgan fingerprint density at radius 1 is 1.07 bits per heavy atom. The van der Waals surface area contributed by atoms with Crippen molar-refractivity contribution in [2.75, 3.05) is 4.72 Å². The number of fused-ring (bicyclic) bond motifs is 1. The van der Waals surface area contributed by atoms with Crippen molar-refractivity contribution >= 4 is 27.7 Å². The molecule has 0 radical (unpaired) electrons. The Bertz CT molecular complexity index is 1240. The van der Waals surface area contributed by atoms with Crippen LogP contribution in [-0.4, -0.2) is 23.0 Å². The van der Waals surface area contributed by atoms with Gasteiger partial charge in [-0.25, -0.2) is 18.4 Å². The standard InChI is InChI=1S/C22H22N4O2S/c1-3-20-24-21-15(2)11-12-23-22(21)26(20)14-16-9-10-18(17-7-5-4-6-8-17)19(13-16)25-29(27)28/h4-13,29H,3,14H2,1-2H3,(H,25,27,28). The van der Waals surface area contributed by atoms with Gasteiger partial charge in [-0.2, -0.15) is 0 Å². The number of benzene rings is 2. The van der Waals surface area contributed by atoms with Crippen LogP contribution in [0.4, 0.5) is 5.69 Å². The zero-order valence-corrected chi connectivity index (χ0v) is 17.2. The maximum Gasteiger partial charge on any atom is 0.222 e. The summed E-state index contributed by atoms with van der Waals surface area (Å²) in [5.41, 5.74) is 6.18. The number of hydrogen-bond donors (Lipinski definition) is 2. The second kappa shape index (κ2) is 8.05. The zero-order chi connectivity index (χ0) is 20.4. The fourth-order valence-electron chi connectivity index (χ4n) is 3.55. The fraction of sp³-hybridized carbons (Fsp3) is 0.182. The van der Waals surface area contributed by atoms with E-state index < -0.39 is 10.9 Å². The molecule has 0 saturated carbocycles. The summed E-state index contributed by atoms with van der Waals surface area (Å²) in [6.45, 7) is 4.67. The molecule has 7 heteroatoms. The molecular formula is C22H22N4O2S. The third-order valence-corrected chi connectivity index (χ3v) is 5.38. The Labute approximate surface area is 171 Å². The Kier molecular flexibility index (Phi) is 5.31. The summed E-state index contributed by atoms with van der Waals surface area (Å²) in [6, 6.07) is 17.5. The number of aryl methyl sites for hydroxylation is 2. The molecule has 2 heterocycles. The summed E-state index contributed by atoms with van der Waals surface area (Å²) in [7, 11) is -2.77. The molecule has 0 spiro atoms. The fourth-order valence-corrected chi connectivity index (χ4v) is 3.93. The lowest BCUT2D eigenvalue weighted by Gasteiger charge is -2.13. The summed E-state index contributed by atoms with van der Waals surface area (Å²) in [4.78, 5) is 9.28. The second-order valence-corrected chi connectivity index (χ2v) is 7.62. The zero-order valence-electron chi connectivity index (χ0n) is 16.3. The predicted octanol–water partition coefficient (Wildman–Crippen LogP) is 3.96. The summed E-state index contributed by atoms with van der Waals surface area (Å²) in [6.07, 6.45) is 2.58. The van der Waals surface area contributed by atoms with Gasteiger partial charge in [-0.05, 0) is 35.7 Å². The van der Waals surface area contributed by atoms with Gasteiger partial charge in [0.25, 0.3) is 0 Å². The Hall–Kier alpha value is -3.19. The maximum absolute atomic E-state index is 11.4. The van der Waals surface area contributed by atoms with Gasteiger partial charge in [-0.3, -0.25) is 4.72 Å². The molecule has 0 bridgehead atoms. The maximum atomic E-state index is 11.4. The molecule has 0 amide bonds. The van der Waals surface area contributed by atoms with Crippen LogP contribution in [0.2, 0.25) is 0 Å². The highest BCUT2D eigenvalue weighted by Crippen LogP contribution is 2.30. The van der Waals surface area contributed by atoms with Crippen molar-refractivity contribution in [3.05, 3.63) is 77.7 Å². The van der Waals surface area contributed by atoms with Crippen LogP contribution in [-0.2, 0) is 23.9 Å². The lowest BCUT2D eigenvalue weighted by molar-refractivity contribution is 0.619. The highest BCUT2D eigenvalue weighted by Gasteiger charge is 2.14. The first-order chi connectivity index (χ1) is 14.1. The molecule has 29 heavy (non-hydrogen) atoms. The van der Waals surface area contributed by atoms with Gasteiger partial charge in [-0.1, -0.05) is 49.4 Å². The lowest BCUT2D eigenvalue weighted by Crippen LogP contribution is -2.06. The molecule has 148 valence electrons. The monoisotopic (exact) mass is 406 g/mol. The van der Waals surface area contributed by atoms with E-state index in [9.17, 15) is 8.42 Å². The smallest absolute Gasteiger partial charge is 0.222 e. The van der Waals surface area contributed by atoms with Crippen molar-refractivity contribution in [1.82, 2.24) is 14.5 Å². The highest BCUT2D eigenvalue weighted by molar-refractivity contribution is 7.73. The van der Waals surface area contributed by atoms with Gasteiger partial charge in [-0.15, -0.1) is 0 Å². The van der Waals surface area contributed by atoms with Crippen LogP contribution in [0.5, 0.6) is 0 Å². The summed E-state index contributed by atoms with van der Waals surface area (Å²) in [5, 5.41) is 0. The molecule has 6 nitrogen and oxygen atoms in total. The van der Waals surface area contributed by atoms with E-state index in [2.05, 4.69) is 21.2 Å². The van der Waals surface area contributed by atoms with Gasteiger partial charge in [0.15, 0.2) is 5.65 Å². The Morgan fingerprint density at radius 2 is 1.86 bits per heavy atom. The number of nitrogens with zero attached hydrogens (tertiary/aromatic N) is 3. The van der Waals surface area contributed by atoms with Crippen LogP contribution in [0.15, 0.2) is 60.8 Å². The quantitative estimate of drug-likeness (QED) is 0.475. The van der Waals surface area contributed by atoms with Crippen molar-refractivity contribution in [3.63, 3.8) is 0 Å². The number of thiol groups is 1. The van der Waals surface area contributed by atoms with Crippen molar-refractivity contribution in [1.29, 1.82) is 0 Å². The molecule has 4 rings (SSSR count). The van der Waals surface area contributed by atoms with Crippen LogP contribution in [0.1, 0.15) is 23.9 Å². The van der Waals surface area contributed by atoms with Gasteiger partial charge in [0, 0.05) is 18.2 Å². The number of aromatic nitrogens is 3. The first-order valence-corrected chi connectivity index (χ1v) is 10.6. The largest absolute Gasteiger partial charge is 0.308 e. The third kappa shape index (κ3) is 3.86. The molecule has 0 aliphatic heterocycles. The first-order valence-electron chi connectivity index (χ1n) is 9.47. The predicted molar refractivity (Wildman–Crippen MR) is 117 cm³/mol. The van der Waals surface area contributed by atoms with Crippen LogP contribution in [0, 0.1) is 6.92 Å². The topological polar surface area (TPSA) is 76.9 Å². The summed E-state index contributed by atoms with van der Waals surface area (Å²) < 4.78 is 27.5. The molecule has 0 fully saturated rings. The van der Waals surface area contributed by atoms with Crippen LogP contribution in [0.25, 0.3) is 22.3 Å². The van der Waals surface area contributed by atoms with Crippen molar-refractivity contribution in [2.45, 2.75) is 26.8 Å².